The summed E-state index contributed by atoms with van der Waals surface area (Å²) >= 11 is 3.49. The van der Waals surface area contributed by atoms with Gasteiger partial charge in [0.2, 0.25) is 0 Å². The summed E-state index contributed by atoms with van der Waals surface area (Å²) in [5, 5.41) is 5.76. The summed E-state index contributed by atoms with van der Waals surface area (Å²) in [5.74, 6) is 0.126. The maximum atomic E-state index is 12.9. The van der Waals surface area contributed by atoms with Gasteiger partial charge in [0.1, 0.15) is 0 Å². The number of ether oxygens (including phenoxy) is 3. The second-order valence-electron chi connectivity index (χ2n) is 6.31. The van der Waals surface area contributed by atoms with E-state index in [0.717, 1.165) is 0 Å². The molecule has 0 atom stereocenters. The van der Waals surface area contributed by atoms with E-state index in [1.807, 2.05) is 30.3 Å². The largest absolute Gasteiger partial charge is 0.493 e. The molecule has 156 valence electrons. The number of methoxy groups -OCH3 is 1. The summed E-state index contributed by atoms with van der Waals surface area (Å²) in [6.07, 6.45) is 1.74. The van der Waals surface area contributed by atoms with Crippen LogP contribution in [-0.2, 0) is 14.3 Å². The zero-order valence-corrected chi connectivity index (χ0v) is 18.4. The smallest absolute Gasteiger partial charge is 0.344 e. The highest BCUT2D eigenvalue weighted by Gasteiger charge is 2.29. The minimum Gasteiger partial charge on any atom is -0.493 e. The zero-order valence-electron chi connectivity index (χ0n) is 16.8. The summed E-state index contributed by atoms with van der Waals surface area (Å²) in [6.45, 7) is 3.57. The molecule has 30 heavy (non-hydrogen) atoms. The van der Waals surface area contributed by atoms with Gasteiger partial charge in [-0.3, -0.25) is 4.79 Å². The van der Waals surface area contributed by atoms with Crippen molar-refractivity contribution in [3.8, 4) is 11.5 Å². The molecule has 1 heterocycles. The third-order valence-corrected chi connectivity index (χ3v) is 4.98. The summed E-state index contributed by atoms with van der Waals surface area (Å²) < 4.78 is 16.4. The van der Waals surface area contributed by atoms with Crippen molar-refractivity contribution in [2.24, 2.45) is 5.10 Å². The monoisotopic (exact) mass is 472 g/mol. The number of amides is 1. The maximum absolute atomic E-state index is 12.9. The van der Waals surface area contributed by atoms with Crippen LogP contribution < -0.4 is 14.5 Å². The fourth-order valence-electron chi connectivity index (χ4n) is 2.86. The lowest BCUT2D eigenvalue weighted by Gasteiger charge is -2.13. The van der Waals surface area contributed by atoms with Gasteiger partial charge in [-0.15, -0.1) is 0 Å². The molecular weight excluding hydrogens is 452 g/mol. The fraction of sp³-hybridized carbons (Fsp3) is 0.227. The van der Waals surface area contributed by atoms with Crippen LogP contribution in [0.25, 0.3) is 6.08 Å². The van der Waals surface area contributed by atoms with E-state index in [-0.39, 0.29) is 19.1 Å². The number of para-hydroxylation sites is 1. The highest BCUT2D eigenvalue weighted by atomic mass is 79.9. The van der Waals surface area contributed by atoms with Crippen molar-refractivity contribution in [2.45, 2.75) is 13.8 Å². The van der Waals surface area contributed by atoms with Crippen LogP contribution in [-0.4, -0.2) is 37.9 Å². The Balaban J connectivity index is 1.87. The first-order chi connectivity index (χ1) is 14.4. The molecule has 0 unspecified atom stereocenters. The van der Waals surface area contributed by atoms with Crippen molar-refractivity contribution in [3.63, 3.8) is 0 Å². The van der Waals surface area contributed by atoms with Gasteiger partial charge in [0, 0.05) is 4.47 Å². The highest BCUT2D eigenvalue weighted by molar-refractivity contribution is 9.10. The number of benzene rings is 2. The molecule has 1 aliphatic rings. The van der Waals surface area contributed by atoms with Crippen molar-refractivity contribution >= 4 is 45.3 Å². The number of carbonyl (C=O) groups excluding carboxylic acids is 2. The number of halogens is 1. The summed E-state index contributed by atoms with van der Waals surface area (Å²) in [6, 6.07) is 12.6. The lowest BCUT2D eigenvalue weighted by Crippen LogP contribution is -2.21. The Morgan fingerprint density at radius 1 is 1.20 bits per heavy atom. The average Bonchev–Trinajstić information content (AvgIpc) is 3.02. The first-order valence-corrected chi connectivity index (χ1v) is 10.1. The lowest BCUT2D eigenvalue weighted by atomic mass is 10.1. The summed E-state index contributed by atoms with van der Waals surface area (Å²) in [5.41, 5.74) is 2.49. The predicted molar refractivity (Wildman–Crippen MR) is 118 cm³/mol. The van der Waals surface area contributed by atoms with Crippen LogP contribution in [0.1, 0.15) is 19.4 Å². The molecule has 0 bridgehead atoms. The molecule has 8 heteroatoms. The molecule has 0 N–H and O–H groups in total. The number of hydrazone groups is 1. The molecular formula is C22H21BrN2O5. The number of rotatable bonds is 7. The van der Waals surface area contributed by atoms with Crippen LogP contribution in [0.2, 0.25) is 0 Å². The Morgan fingerprint density at radius 3 is 2.60 bits per heavy atom. The third-order valence-electron chi connectivity index (χ3n) is 4.30. The third kappa shape index (κ3) is 4.71. The number of carbonyl (C=O) groups is 2. The fourth-order valence-corrected chi connectivity index (χ4v) is 3.29. The van der Waals surface area contributed by atoms with Crippen molar-refractivity contribution in [1.29, 1.82) is 0 Å². The number of esters is 1. The standard InChI is InChI=1S/C22H21BrN2O5/c1-4-29-21(26)13-30-20-12-18(23)15(11-19(20)28-3)10-17-14(2)24-25(22(17)27)16-8-6-5-7-9-16/h5-12H,4,13H2,1-3H3. The minimum absolute atomic E-state index is 0.216. The molecule has 2 aromatic carbocycles. The Kier molecular flexibility index (Phi) is 6.89. The lowest BCUT2D eigenvalue weighted by molar-refractivity contribution is -0.145. The van der Waals surface area contributed by atoms with Crippen molar-refractivity contribution in [3.05, 3.63) is 58.1 Å². The van der Waals surface area contributed by atoms with E-state index in [1.165, 1.54) is 12.1 Å². The maximum Gasteiger partial charge on any atom is 0.344 e. The molecule has 1 amide bonds. The molecule has 0 aromatic heterocycles. The Bertz CT molecular complexity index is 1020. The van der Waals surface area contributed by atoms with Gasteiger partial charge in [-0.05, 0) is 49.8 Å². The second-order valence-corrected chi connectivity index (χ2v) is 7.17. The summed E-state index contributed by atoms with van der Waals surface area (Å²) in [7, 11) is 1.50. The van der Waals surface area contributed by atoms with Crippen LogP contribution >= 0.6 is 15.9 Å². The van der Waals surface area contributed by atoms with Gasteiger partial charge in [0.25, 0.3) is 5.91 Å². The second kappa shape index (κ2) is 9.58. The highest BCUT2D eigenvalue weighted by Crippen LogP contribution is 2.35. The van der Waals surface area contributed by atoms with E-state index in [2.05, 4.69) is 21.0 Å². The first-order valence-electron chi connectivity index (χ1n) is 9.27. The van der Waals surface area contributed by atoms with Crippen molar-refractivity contribution in [1.82, 2.24) is 0 Å². The van der Waals surface area contributed by atoms with E-state index in [4.69, 9.17) is 14.2 Å². The number of anilines is 1. The normalized spacial score (nSPS) is 14.7. The molecule has 0 saturated heterocycles. The van der Waals surface area contributed by atoms with E-state index in [0.29, 0.717) is 38.5 Å². The summed E-state index contributed by atoms with van der Waals surface area (Å²) in [4.78, 5) is 24.5. The molecule has 3 rings (SSSR count). The van der Waals surface area contributed by atoms with Gasteiger partial charge < -0.3 is 14.2 Å². The Hall–Kier alpha value is -3.13. The number of nitrogens with zero attached hydrogens (tertiary/aromatic N) is 2. The molecule has 0 radical (unpaired) electrons. The molecule has 1 aliphatic heterocycles. The quantitative estimate of drug-likeness (QED) is 0.445. The van der Waals surface area contributed by atoms with Crippen LogP contribution in [0.5, 0.6) is 11.5 Å². The van der Waals surface area contributed by atoms with E-state index in [9.17, 15) is 9.59 Å². The topological polar surface area (TPSA) is 77.4 Å². The molecule has 0 saturated carbocycles. The van der Waals surface area contributed by atoms with Crippen LogP contribution in [0.4, 0.5) is 5.69 Å². The SMILES string of the molecule is CCOC(=O)COc1cc(Br)c(C=C2C(=O)N(c3ccccc3)N=C2C)cc1OC. The Morgan fingerprint density at radius 2 is 1.93 bits per heavy atom. The van der Waals surface area contributed by atoms with E-state index < -0.39 is 5.97 Å². The van der Waals surface area contributed by atoms with Crippen LogP contribution in [0.15, 0.2) is 57.6 Å². The van der Waals surface area contributed by atoms with Gasteiger partial charge in [0.05, 0.1) is 30.7 Å². The van der Waals surface area contributed by atoms with Crippen molar-refractivity contribution in [2.75, 3.05) is 25.3 Å². The van der Waals surface area contributed by atoms with Gasteiger partial charge >= 0.3 is 5.97 Å². The number of hydrogen-bond acceptors (Lipinski definition) is 6. The van der Waals surface area contributed by atoms with Gasteiger partial charge in [-0.2, -0.15) is 10.1 Å². The average molecular weight is 473 g/mol. The molecule has 0 spiro atoms. The minimum atomic E-state index is -0.466. The zero-order chi connectivity index (χ0) is 21.7. The van der Waals surface area contributed by atoms with E-state index >= 15 is 0 Å². The van der Waals surface area contributed by atoms with E-state index in [1.54, 1.807) is 32.1 Å². The molecule has 0 aliphatic carbocycles. The first kappa shape index (κ1) is 21.6. The van der Waals surface area contributed by atoms with Gasteiger partial charge in [-0.1, -0.05) is 34.1 Å². The predicted octanol–water partition coefficient (Wildman–Crippen LogP) is 4.21. The molecule has 2 aromatic rings. The number of hydrogen-bond donors (Lipinski definition) is 0. The van der Waals surface area contributed by atoms with Gasteiger partial charge in [0.15, 0.2) is 18.1 Å². The van der Waals surface area contributed by atoms with Crippen LogP contribution in [0.3, 0.4) is 0 Å². The van der Waals surface area contributed by atoms with Crippen LogP contribution in [0, 0.1) is 0 Å². The molecule has 0 fully saturated rings. The van der Waals surface area contributed by atoms with Gasteiger partial charge in [-0.25, -0.2) is 4.79 Å². The van der Waals surface area contributed by atoms with Crippen molar-refractivity contribution < 1.29 is 23.8 Å². The Labute approximate surface area is 183 Å². The molecule has 7 nitrogen and oxygen atoms in total.